The first kappa shape index (κ1) is 13.6. The van der Waals surface area contributed by atoms with Gasteiger partial charge in [0.1, 0.15) is 4.88 Å². The Morgan fingerprint density at radius 1 is 1.56 bits per heavy atom. The van der Waals surface area contributed by atoms with Gasteiger partial charge in [-0.1, -0.05) is 19.8 Å². The molecule has 0 radical (unpaired) electrons. The van der Waals surface area contributed by atoms with Crippen LogP contribution in [-0.2, 0) is 11.3 Å². The van der Waals surface area contributed by atoms with Crippen LogP contribution in [0, 0.1) is 11.8 Å². The highest BCUT2D eigenvalue weighted by molar-refractivity contribution is 7.12. The minimum atomic E-state index is -0.852. The van der Waals surface area contributed by atoms with Crippen molar-refractivity contribution in [1.82, 2.24) is 0 Å². The zero-order valence-corrected chi connectivity index (χ0v) is 11.5. The van der Waals surface area contributed by atoms with Crippen molar-refractivity contribution in [2.45, 2.75) is 39.2 Å². The lowest BCUT2D eigenvalue weighted by atomic mass is 9.83. The number of rotatable bonds is 5. The van der Waals surface area contributed by atoms with Crippen LogP contribution in [0.3, 0.4) is 0 Å². The predicted molar refractivity (Wildman–Crippen MR) is 72.1 cm³/mol. The number of thiophene rings is 1. The first-order chi connectivity index (χ1) is 8.66. The molecule has 0 aliphatic heterocycles. The Morgan fingerprint density at radius 3 is 3.11 bits per heavy atom. The van der Waals surface area contributed by atoms with Crippen molar-refractivity contribution in [3.05, 3.63) is 21.9 Å². The predicted octanol–water partition coefficient (Wildman–Crippen LogP) is 3.79. The number of carboxylic acids is 1. The molecule has 0 bridgehead atoms. The van der Waals surface area contributed by atoms with E-state index in [1.165, 1.54) is 37.0 Å². The molecule has 1 saturated carbocycles. The monoisotopic (exact) mass is 268 g/mol. The molecule has 1 N–H and O–H groups in total. The van der Waals surface area contributed by atoms with Gasteiger partial charge in [-0.25, -0.2) is 4.79 Å². The van der Waals surface area contributed by atoms with Crippen molar-refractivity contribution in [2.75, 3.05) is 6.61 Å². The van der Waals surface area contributed by atoms with Crippen LogP contribution in [-0.4, -0.2) is 17.7 Å². The second-order valence-electron chi connectivity index (χ2n) is 5.23. The summed E-state index contributed by atoms with van der Waals surface area (Å²) in [5.74, 6) is 0.610. The van der Waals surface area contributed by atoms with E-state index in [1.807, 2.05) is 11.4 Å². The Morgan fingerprint density at radius 2 is 2.39 bits per heavy atom. The lowest BCUT2D eigenvalue weighted by Crippen LogP contribution is -2.18. The minimum absolute atomic E-state index is 0.409. The van der Waals surface area contributed by atoms with Gasteiger partial charge in [0.05, 0.1) is 6.61 Å². The Hall–Kier alpha value is -0.870. The average molecular weight is 268 g/mol. The molecule has 0 spiro atoms. The Bertz CT molecular complexity index is 399. The highest BCUT2D eigenvalue weighted by atomic mass is 32.1. The molecule has 1 aliphatic rings. The van der Waals surface area contributed by atoms with E-state index in [-0.39, 0.29) is 0 Å². The summed E-state index contributed by atoms with van der Waals surface area (Å²) in [7, 11) is 0. The maximum Gasteiger partial charge on any atom is 0.346 e. The third kappa shape index (κ3) is 3.56. The Balaban J connectivity index is 1.78. The molecule has 0 amide bonds. The van der Waals surface area contributed by atoms with Crippen LogP contribution >= 0.6 is 11.3 Å². The molecule has 1 fully saturated rings. The summed E-state index contributed by atoms with van der Waals surface area (Å²) in [4.78, 5) is 11.4. The standard InChI is InChI=1S/C14H20O3S/c1-10-3-2-4-11(7-10)8-17-9-12-5-6-18-13(12)14(15)16/h5-6,10-11H,2-4,7-9H2,1H3,(H,15,16). The highest BCUT2D eigenvalue weighted by Gasteiger charge is 2.19. The largest absolute Gasteiger partial charge is 0.477 e. The normalized spacial score (nSPS) is 24.1. The molecule has 1 aromatic rings. The van der Waals surface area contributed by atoms with Crippen molar-refractivity contribution in [3.63, 3.8) is 0 Å². The van der Waals surface area contributed by atoms with Gasteiger partial charge in [-0.3, -0.25) is 0 Å². The topological polar surface area (TPSA) is 46.5 Å². The first-order valence-corrected chi connectivity index (χ1v) is 7.42. The van der Waals surface area contributed by atoms with Crippen molar-refractivity contribution < 1.29 is 14.6 Å². The SMILES string of the molecule is CC1CCCC(COCc2ccsc2C(=O)O)C1. The molecule has 3 nitrogen and oxygen atoms in total. The molecule has 1 heterocycles. The lowest BCUT2D eigenvalue weighted by Gasteiger charge is -2.26. The van der Waals surface area contributed by atoms with Gasteiger partial charge < -0.3 is 9.84 Å². The molecule has 2 rings (SSSR count). The van der Waals surface area contributed by atoms with Gasteiger partial charge in [-0.05, 0) is 36.1 Å². The molecule has 4 heteroatoms. The van der Waals surface area contributed by atoms with Crippen molar-refractivity contribution in [3.8, 4) is 0 Å². The van der Waals surface area contributed by atoms with Gasteiger partial charge in [-0.15, -0.1) is 11.3 Å². The zero-order valence-electron chi connectivity index (χ0n) is 10.7. The van der Waals surface area contributed by atoms with E-state index < -0.39 is 5.97 Å². The molecule has 100 valence electrons. The number of carboxylic acid groups (broad SMARTS) is 1. The molecule has 1 aromatic heterocycles. The lowest BCUT2D eigenvalue weighted by molar-refractivity contribution is 0.0621. The molecule has 0 saturated heterocycles. The third-order valence-electron chi connectivity index (χ3n) is 3.60. The summed E-state index contributed by atoms with van der Waals surface area (Å²) in [6, 6.07) is 1.84. The van der Waals surface area contributed by atoms with Crippen LogP contribution in [0.15, 0.2) is 11.4 Å². The van der Waals surface area contributed by atoms with Gasteiger partial charge in [-0.2, -0.15) is 0 Å². The minimum Gasteiger partial charge on any atom is -0.477 e. The molecule has 2 unspecified atom stereocenters. The third-order valence-corrected chi connectivity index (χ3v) is 4.54. The number of carbonyl (C=O) groups is 1. The quantitative estimate of drug-likeness (QED) is 0.883. The summed E-state index contributed by atoms with van der Waals surface area (Å²) in [6.07, 6.45) is 5.13. The Kier molecular flexibility index (Phi) is 4.78. The van der Waals surface area contributed by atoms with Gasteiger partial charge in [0.15, 0.2) is 0 Å². The van der Waals surface area contributed by atoms with Crippen LogP contribution in [0.5, 0.6) is 0 Å². The van der Waals surface area contributed by atoms with Crippen LogP contribution in [0.1, 0.15) is 47.8 Å². The number of aromatic carboxylic acids is 1. The molecule has 1 aliphatic carbocycles. The maximum absolute atomic E-state index is 10.9. The smallest absolute Gasteiger partial charge is 0.346 e. The van der Waals surface area contributed by atoms with E-state index in [0.717, 1.165) is 18.1 Å². The van der Waals surface area contributed by atoms with E-state index in [9.17, 15) is 4.79 Å². The van der Waals surface area contributed by atoms with Gasteiger partial charge in [0.25, 0.3) is 0 Å². The van der Waals surface area contributed by atoms with Gasteiger partial charge in [0, 0.05) is 12.2 Å². The fourth-order valence-electron chi connectivity index (χ4n) is 2.68. The second-order valence-corrected chi connectivity index (χ2v) is 6.15. The van der Waals surface area contributed by atoms with Gasteiger partial charge in [0.2, 0.25) is 0 Å². The van der Waals surface area contributed by atoms with E-state index in [1.54, 1.807) is 0 Å². The average Bonchev–Trinajstić information content (AvgIpc) is 2.77. The summed E-state index contributed by atoms with van der Waals surface area (Å²) >= 11 is 1.26. The summed E-state index contributed by atoms with van der Waals surface area (Å²) in [5.41, 5.74) is 0.802. The Labute approximate surface area is 112 Å². The highest BCUT2D eigenvalue weighted by Crippen LogP contribution is 2.29. The van der Waals surface area contributed by atoms with Crippen molar-refractivity contribution >= 4 is 17.3 Å². The second kappa shape index (κ2) is 6.34. The first-order valence-electron chi connectivity index (χ1n) is 6.54. The summed E-state index contributed by atoms with van der Waals surface area (Å²) in [6.45, 7) is 3.49. The molecular weight excluding hydrogens is 248 g/mol. The molecular formula is C14H20O3S. The maximum atomic E-state index is 10.9. The number of hydrogen-bond donors (Lipinski definition) is 1. The van der Waals surface area contributed by atoms with Crippen LogP contribution in [0.25, 0.3) is 0 Å². The zero-order chi connectivity index (χ0) is 13.0. The molecule has 18 heavy (non-hydrogen) atoms. The van der Waals surface area contributed by atoms with Crippen molar-refractivity contribution in [1.29, 1.82) is 0 Å². The summed E-state index contributed by atoms with van der Waals surface area (Å²) < 4.78 is 5.70. The molecule has 2 atom stereocenters. The van der Waals surface area contributed by atoms with E-state index in [0.29, 0.717) is 17.4 Å². The number of hydrogen-bond acceptors (Lipinski definition) is 3. The van der Waals surface area contributed by atoms with Crippen LogP contribution in [0.2, 0.25) is 0 Å². The van der Waals surface area contributed by atoms with Crippen LogP contribution in [0.4, 0.5) is 0 Å². The van der Waals surface area contributed by atoms with E-state index in [2.05, 4.69) is 6.92 Å². The number of ether oxygens (including phenoxy) is 1. The van der Waals surface area contributed by atoms with Crippen molar-refractivity contribution in [2.24, 2.45) is 11.8 Å². The van der Waals surface area contributed by atoms with E-state index in [4.69, 9.17) is 9.84 Å². The van der Waals surface area contributed by atoms with Crippen LogP contribution < -0.4 is 0 Å². The molecule has 0 aromatic carbocycles. The summed E-state index contributed by atoms with van der Waals surface area (Å²) in [5, 5.41) is 10.8. The fraction of sp³-hybridized carbons (Fsp3) is 0.643. The van der Waals surface area contributed by atoms with E-state index >= 15 is 0 Å². The van der Waals surface area contributed by atoms with Gasteiger partial charge >= 0.3 is 5.97 Å². The fourth-order valence-corrected chi connectivity index (χ4v) is 3.43.